The van der Waals surface area contributed by atoms with Gasteiger partial charge >= 0.3 is 5.97 Å². The van der Waals surface area contributed by atoms with E-state index in [1.54, 1.807) is 30.3 Å². The van der Waals surface area contributed by atoms with Gasteiger partial charge in [-0.05, 0) is 44.5 Å². The van der Waals surface area contributed by atoms with E-state index in [4.69, 9.17) is 4.74 Å². The van der Waals surface area contributed by atoms with Crippen molar-refractivity contribution in [3.63, 3.8) is 0 Å². The third-order valence-corrected chi connectivity index (χ3v) is 2.63. The molecule has 0 atom stereocenters. The molecule has 1 rings (SSSR count). The van der Waals surface area contributed by atoms with Crippen LogP contribution in [0.2, 0.25) is 0 Å². The van der Waals surface area contributed by atoms with E-state index in [9.17, 15) is 9.59 Å². The van der Waals surface area contributed by atoms with Crippen LogP contribution in [0.3, 0.4) is 0 Å². The van der Waals surface area contributed by atoms with Crippen LogP contribution in [0, 0.1) is 0 Å². The molecule has 0 aliphatic carbocycles. The number of ether oxygens (including phenoxy) is 2. The van der Waals surface area contributed by atoms with Crippen molar-refractivity contribution in [2.24, 2.45) is 0 Å². The van der Waals surface area contributed by atoms with Crippen molar-refractivity contribution in [1.29, 1.82) is 0 Å². The summed E-state index contributed by atoms with van der Waals surface area (Å²) in [6, 6.07) is 6.69. The van der Waals surface area contributed by atoms with Crippen LogP contribution in [-0.2, 0) is 14.3 Å². The maximum atomic E-state index is 11.5. The van der Waals surface area contributed by atoms with Crippen molar-refractivity contribution in [3.05, 3.63) is 41.2 Å². The molecule has 0 amide bonds. The summed E-state index contributed by atoms with van der Waals surface area (Å²) >= 11 is 2.89. The first-order valence-electron chi connectivity index (χ1n) is 6.02. The molecule has 0 fully saturated rings. The van der Waals surface area contributed by atoms with Gasteiger partial charge in [0.1, 0.15) is 5.60 Å². The summed E-state index contributed by atoms with van der Waals surface area (Å²) in [4.78, 5) is 22.8. The lowest BCUT2D eigenvalue weighted by atomic mass is 10.1. The number of allylic oxidation sites excluding steroid dienone is 1. The molecule has 108 valence electrons. The van der Waals surface area contributed by atoms with Gasteiger partial charge in [-0.2, -0.15) is 0 Å². The zero-order valence-corrected chi connectivity index (χ0v) is 13.5. The number of hydrogen-bond donors (Lipinski definition) is 0. The van der Waals surface area contributed by atoms with Gasteiger partial charge in [-0.15, -0.1) is 0 Å². The summed E-state index contributed by atoms with van der Waals surface area (Å²) in [5.41, 5.74) is 0.735. The van der Waals surface area contributed by atoms with Crippen LogP contribution < -0.4 is 0 Å². The van der Waals surface area contributed by atoms with Crippen molar-refractivity contribution in [1.82, 2.24) is 0 Å². The minimum atomic E-state index is -0.471. The van der Waals surface area contributed by atoms with Crippen LogP contribution in [0.5, 0.6) is 0 Å². The predicted molar refractivity (Wildman–Crippen MR) is 80.5 cm³/mol. The highest BCUT2D eigenvalue weighted by Crippen LogP contribution is 2.19. The smallest absolute Gasteiger partial charge is 0.337 e. The highest BCUT2D eigenvalue weighted by Gasteiger charge is 2.17. The Morgan fingerprint density at radius 1 is 1.15 bits per heavy atom. The monoisotopic (exact) mass is 340 g/mol. The van der Waals surface area contributed by atoms with E-state index < -0.39 is 11.6 Å². The van der Waals surface area contributed by atoms with E-state index in [0.717, 1.165) is 5.56 Å². The summed E-state index contributed by atoms with van der Waals surface area (Å²) in [5.74, 6) is -0.188. The average molecular weight is 341 g/mol. The molecule has 20 heavy (non-hydrogen) atoms. The molecule has 1 aromatic carbocycles. The van der Waals surface area contributed by atoms with Crippen molar-refractivity contribution >= 4 is 32.7 Å². The minimum Gasteiger partial charge on any atom is -0.483 e. The Morgan fingerprint density at radius 3 is 2.10 bits per heavy atom. The third-order valence-electron chi connectivity index (χ3n) is 2.24. The van der Waals surface area contributed by atoms with Crippen LogP contribution in [0.1, 0.15) is 36.7 Å². The average Bonchev–Trinajstić information content (AvgIpc) is 2.36. The zero-order valence-electron chi connectivity index (χ0n) is 11.9. The Morgan fingerprint density at radius 2 is 1.70 bits per heavy atom. The summed E-state index contributed by atoms with van der Waals surface area (Å²) in [7, 11) is 1.33. The molecule has 0 aliphatic rings. The highest BCUT2D eigenvalue weighted by molar-refractivity contribution is 9.18. The zero-order chi connectivity index (χ0) is 15.3. The van der Waals surface area contributed by atoms with Gasteiger partial charge in [-0.1, -0.05) is 12.1 Å². The van der Waals surface area contributed by atoms with Gasteiger partial charge in [-0.25, -0.2) is 4.79 Å². The van der Waals surface area contributed by atoms with Crippen LogP contribution in [0.25, 0.3) is 6.08 Å². The van der Waals surface area contributed by atoms with E-state index in [0.29, 0.717) is 5.56 Å². The maximum absolute atomic E-state index is 11.5. The van der Waals surface area contributed by atoms with Gasteiger partial charge in [0.05, 0.1) is 12.7 Å². The quantitative estimate of drug-likeness (QED) is 0.364. The molecule has 0 radical (unpaired) electrons. The molecule has 0 saturated carbocycles. The molecule has 0 unspecified atom stereocenters. The second-order valence-corrected chi connectivity index (χ2v) is 5.83. The van der Waals surface area contributed by atoms with Gasteiger partial charge in [0.25, 0.3) is 4.69 Å². The standard InChI is InChI=1S/C15H17BrO4/c1-15(2,3)20-12(13(16)17)9-10-5-7-11(8-6-10)14(18)19-4/h5-9H,1-4H3. The lowest BCUT2D eigenvalue weighted by Gasteiger charge is -2.21. The maximum Gasteiger partial charge on any atom is 0.337 e. The van der Waals surface area contributed by atoms with Crippen molar-refractivity contribution in [2.75, 3.05) is 7.11 Å². The largest absolute Gasteiger partial charge is 0.483 e. The van der Waals surface area contributed by atoms with Gasteiger partial charge in [-0.3, -0.25) is 4.79 Å². The van der Waals surface area contributed by atoms with Crippen LogP contribution in [-0.4, -0.2) is 23.4 Å². The lowest BCUT2D eigenvalue weighted by Crippen LogP contribution is -2.20. The number of carbonyl (C=O) groups is 2. The Balaban J connectivity index is 3.00. The molecule has 0 spiro atoms. The van der Waals surface area contributed by atoms with E-state index in [-0.39, 0.29) is 10.5 Å². The fourth-order valence-electron chi connectivity index (χ4n) is 1.44. The van der Waals surface area contributed by atoms with E-state index in [2.05, 4.69) is 20.7 Å². The molecule has 0 saturated heterocycles. The number of hydrogen-bond acceptors (Lipinski definition) is 4. The van der Waals surface area contributed by atoms with Gasteiger partial charge in [0.15, 0.2) is 5.76 Å². The normalized spacial score (nSPS) is 11.9. The lowest BCUT2D eigenvalue weighted by molar-refractivity contribution is -0.112. The Bertz CT molecular complexity index is 524. The summed E-state index contributed by atoms with van der Waals surface area (Å²) in [6.07, 6.45) is 1.61. The van der Waals surface area contributed by atoms with Crippen LogP contribution in [0.4, 0.5) is 0 Å². The van der Waals surface area contributed by atoms with Crippen LogP contribution >= 0.6 is 15.9 Å². The Kier molecular flexibility index (Phi) is 5.51. The van der Waals surface area contributed by atoms with E-state index >= 15 is 0 Å². The van der Waals surface area contributed by atoms with E-state index in [1.165, 1.54) is 7.11 Å². The van der Waals surface area contributed by atoms with Crippen molar-refractivity contribution in [3.8, 4) is 0 Å². The molecule has 4 nitrogen and oxygen atoms in total. The fraction of sp³-hybridized carbons (Fsp3) is 0.333. The molecule has 0 bridgehead atoms. The SMILES string of the molecule is COC(=O)c1ccc(C=C(OC(C)(C)C)C(=O)Br)cc1. The predicted octanol–water partition coefficient (Wildman–Crippen LogP) is 3.55. The second-order valence-electron chi connectivity index (χ2n) is 5.11. The first-order valence-corrected chi connectivity index (χ1v) is 6.81. The van der Waals surface area contributed by atoms with Gasteiger partial charge < -0.3 is 9.47 Å². The minimum absolute atomic E-state index is 0.211. The molecule has 0 aromatic heterocycles. The molecule has 5 heteroatoms. The fourth-order valence-corrected chi connectivity index (χ4v) is 1.64. The van der Waals surface area contributed by atoms with Gasteiger partial charge in [0, 0.05) is 15.9 Å². The van der Waals surface area contributed by atoms with Crippen LogP contribution in [0.15, 0.2) is 30.0 Å². The first-order chi connectivity index (χ1) is 9.23. The highest BCUT2D eigenvalue weighted by atomic mass is 79.9. The number of rotatable bonds is 4. The topological polar surface area (TPSA) is 52.6 Å². The summed E-state index contributed by atoms with van der Waals surface area (Å²) in [5, 5.41) is 0. The Labute approximate surface area is 126 Å². The van der Waals surface area contributed by atoms with Crippen molar-refractivity contribution in [2.45, 2.75) is 26.4 Å². The summed E-state index contributed by atoms with van der Waals surface area (Å²) in [6.45, 7) is 5.57. The molecule has 1 aromatic rings. The number of methoxy groups -OCH3 is 1. The first kappa shape index (κ1) is 16.4. The molecule has 0 aliphatic heterocycles. The third kappa shape index (κ3) is 5.17. The molecule has 0 heterocycles. The Hall–Kier alpha value is -1.62. The number of esters is 1. The molecule has 0 N–H and O–H groups in total. The molecular weight excluding hydrogens is 324 g/mol. The number of benzene rings is 1. The number of carbonyl (C=O) groups excluding carboxylic acids is 2. The summed E-state index contributed by atoms with van der Waals surface area (Å²) < 4.78 is 9.87. The molecular formula is C15H17BrO4. The van der Waals surface area contributed by atoms with Gasteiger partial charge in [0.2, 0.25) is 0 Å². The van der Waals surface area contributed by atoms with Crippen molar-refractivity contribution < 1.29 is 19.1 Å². The second kappa shape index (κ2) is 6.70. The number of halogens is 1. The van der Waals surface area contributed by atoms with E-state index in [1.807, 2.05) is 20.8 Å².